The number of aromatic nitrogens is 3. The van der Waals surface area contributed by atoms with Crippen molar-refractivity contribution in [2.45, 2.75) is 97.6 Å². The van der Waals surface area contributed by atoms with Gasteiger partial charge in [-0.05, 0) is 76.8 Å². The molecule has 0 spiro atoms. The van der Waals surface area contributed by atoms with Gasteiger partial charge in [-0.2, -0.15) is 0 Å². The fourth-order valence-electron chi connectivity index (χ4n) is 8.44. The highest BCUT2D eigenvalue weighted by molar-refractivity contribution is 5.97. The van der Waals surface area contributed by atoms with E-state index in [2.05, 4.69) is 98.5 Å². The van der Waals surface area contributed by atoms with E-state index in [1.807, 2.05) is 58.0 Å². The number of unbranched alkanes of at least 4 members (excludes halogenated alkanes) is 3. The number of carbonyl (C=O) groups is 4. The molecule has 5 N–H and O–H groups in total. The number of anilines is 1. The molecule has 0 saturated carbocycles. The molecule has 0 atom stereocenters. The molecule has 1 aliphatic rings. The molecule has 6 rings (SSSR count). The molecule has 2 bridgehead atoms. The van der Waals surface area contributed by atoms with E-state index in [4.69, 9.17) is 43.1 Å². The van der Waals surface area contributed by atoms with E-state index >= 15 is 0 Å². The molecule has 0 fully saturated rings. The number of ether oxygens (including phenoxy) is 8. The van der Waals surface area contributed by atoms with E-state index in [-0.39, 0.29) is 49.4 Å². The van der Waals surface area contributed by atoms with Gasteiger partial charge in [-0.15, -0.1) is 9.36 Å². The van der Waals surface area contributed by atoms with Gasteiger partial charge in [0.05, 0.1) is 84.2 Å². The number of nitrogens with zero attached hydrogens (tertiary/aromatic N) is 3. The van der Waals surface area contributed by atoms with Crippen LogP contribution in [-0.2, 0) is 63.7 Å². The third kappa shape index (κ3) is 24.1. The number of carbonyl (C=O) groups excluding carboxylic acids is 4. The first-order valence-electron chi connectivity index (χ1n) is 28.6. The average Bonchev–Trinajstić information content (AvgIpc) is 3.95. The van der Waals surface area contributed by atoms with Crippen molar-refractivity contribution >= 4 is 29.3 Å². The highest BCUT2D eigenvalue weighted by Gasteiger charge is 2.22. The third-order valence-electron chi connectivity index (χ3n) is 13.0. The molecule has 1 aliphatic heterocycles. The minimum Gasteiger partial charge on any atom is -0.491 e. The summed E-state index contributed by atoms with van der Waals surface area (Å²) < 4.78 is 50.0. The Bertz CT molecular complexity index is 2650. The maximum atomic E-state index is 13.3. The van der Waals surface area contributed by atoms with Crippen molar-refractivity contribution in [1.82, 2.24) is 31.2 Å². The first-order chi connectivity index (χ1) is 39.6. The van der Waals surface area contributed by atoms with Gasteiger partial charge in [0.15, 0.2) is 23.4 Å². The summed E-state index contributed by atoms with van der Waals surface area (Å²) in [7, 11) is 0. The van der Waals surface area contributed by atoms with Gasteiger partial charge in [0.1, 0.15) is 51.0 Å². The molecular weight excluding hydrogens is 1050 g/mol. The van der Waals surface area contributed by atoms with Crippen LogP contribution >= 0.6 is 0 Å². The van der Waals surface area contributed by atoms with Gasteiger partial charge in [0.2, 0.25) is 17.7 Å². The molecule has 4 aromatic carbocycles. The van der Waals surface area contributed by atoms with Crippen molar-refractivity contribution in [1.29, 1.82) is 0 Å². The molecule has 0 radical (unpaired) electrons. The molecule has 20 heteroatoms. The molecule has 446 valence electrons. The van der Waals surface area contributed by atoms with Gasteiger partial charge < -0.3 is 64.5 Å². The molecule has 20 nitrogen and oxygen atoms in total. The summed E-state index contributed by atoms with van der Waals surface area (Å²) in [6.07, 6.45) is 7.22. The van der Waals surface area contributed by atoms with Crippen molar-refractivity contribution in [2.24, 2.45) is 0 Å². The molecule has 0 unspecified atom stereocenters. The van der Waals surface area contributed by atoms with Gasteiger partial charge >= 0.3 is 0 Å². The van der Waals surface area contributed by atoms with Crippen molar-refractivity contribution in [2.75, 3.05) is 117 Å². The highest BCUT2D eigenvalue weighted by Crippen LogP contribution is 2.32. The zero-order valence-electron chi connectivity index (χ0n) is 48.9. The van der Waals surface area contributed by atoms with E-state index in [0.29, 0.717) is 95.5 Å². The van der Waals surface area contributed by atoms with Crippen molar-refractivity contribution in [3.8, 4) is 23.0 Å². The van der Waals surface area contributed by atoms with Gasteiger partial charge in [0.25, 0.3) is 5.91 Å². The summed E-state index contributed by atoms with van der Waals surface area (Å²) in [5.41, 5.74) is 6.45. The standard InChI is InChI=1S/C62H86N8O12/c1-61(2,3)49-38-50(62(4,5)6)40-51(39-49)63-21-15-8-7-12-18-52-46-69(68-70(52)45-47-16-10-9-11-17-47)23-22-64-57(71)42-65-58(72)43-66-59(73)44-67-60(74)48-36-53-41-54(37-48)80-33-29-76-25-27-78-31-35-82-56-20-14-13-19-55(56)81-34-30-77-26-24-75-28-32-79-53/h9-11,13-14,16-17,19-20,36-41,46,63H,7-8,12,15,18,21-35,42-45H2,1-6H3,(H3-,64,65,66,67,71,72,73,74)/p+1. The first-order valence-corrected chi connectivity index (χ1v) is 28.6. The Hall–Kier alpha value is -7.26. The van der Waals surface area contributed by atoms with Gasteiger partial charge in [-0.25, -0.2) is 0 Å². The molecule has 82 heavy (non-hydrogen) atoms. The normalized spacial score (nSPS) is 14.4. The Balaban J connectivity index is 0.878. The van der Waals surface area contributed by atoms with Crippen LogP contribution in [-0.4, -0.2) is 146 Å². The zero-order valence-corrected chi connectivity index (χ0v) is 48.9. The lowest BCUT2D eigenvalue weighted by Crippen LogP contribution is -2.46. The number of aryl methyl sites for hydroxylation is 1. The summed E-state index contributed by atoms with van der Waals surface area (Å²) in [6, 6.07) is 29.2. The smallest absolute Gasteiger partial charge is 0.251 e. The van der Waals surface area contributed by atoms with Crippen molar-refractivity contribution < 1.29 is 61.8 Å². The number of benzene rings is 4. The molecule has 5 aromatic rings. The second-order valence-corrected chi connectivity index (χ2v) is 21.9. The molecule has 2 heterocycles. The summed E-state index contributed by atoms with van der Waals surface area (Å²) in [4.78, 5) is 51.4. The Morgan fingerprint density at radius 3 is 1.56 bits per heavy atom. The lowest BCUT2D eigenvalue weighted by atomic mass is 9.80. The maximum absolute atomic E-state index is 13.3. The predicted octanol–water partition coefficient (Wildman–Crippen LogP) is 6.10. The number of hydrogen-bond donors (Lipinski definition) is 5. The van der Waals surface area contributed by atoms with Crippen LogP contribution < -0.4 is 50.2 Å². The van der Waals surface area contributed by atoms with E-state index in [1.54, 1.807) is 6.07 Å². The summed E-state index contributed by atoms with van der Waals surface area (Å²) in [5.74, 6) is -0.221. The first kappa shape index (κ1) is 63.9. The maximum Gasteiger partial charge on any atom is 0.251 e. The Morgan fingerprint density at radius 2 is 1.01 bits per heavy atom. The fraction of sp³-hybridized carbons (Fsp3) is 0.516. The van der Waals surface area contributed by atoms with Gasteiger partial charge in [-0.1, -0.05) is 103 Å². The van der Waals surface area contributed by atoms with Crippen LogP contribution in [0.4, 0.5) is 5.69 Å². The number of hydrogen-bond acceptors (Lipinski definition) is 14. The number of fused-ring (bicyclic) bond motifs is 3. The largest absolute Gasteiger partial charge is 0.491 e. The lowest BCUT2D eigenvalue weighted by Gasteiger charge is -2.26. The van der Waals surface area contributed by atoms with Crippen LogP contribution in [0.25, 0.3) is 0 Å². The minimum absolute atomic E-state index is 0.0710. The van der Waals surface area contributed by atoms with Crippen LogP contribution in [0, 0.1) is 0 Å². The Kier molecular flexibility index (Phi) is 26.7. The summed E-state index contributed by atoms with van der Waals surface area (Å²) in [5, 5.41) is 18.9. The predicted molar refractivity (Wildman–Crippen MR) is 312 cm³/mol. The van der Waals surface area contributed by atoms with Crippen molar-refractivity contribution in [3.05, 3.63) is 125 Å². The Labute approximate surface area is 483 Å². The SMILES string of the molecule is CC(C)(C)c1cc(NCCCCCCc2c[n+](CCNC(=O)CNC(=O)CNC(=O)CNC(=O)c3cc4cc(c3)OCCOCCOCCOc3ccccc3OCCOCCOCCO4)nn2Cc2ccccc2)cc(C(C)(C)C)c1. The van der Waals surface area contributed by atoms with E-state index in [0.717, 1.165) is 49.9 Å². The van der Waals surface area contributed by atoms with Gasteiger partial charge in [0, 0.05) is 30.3 Å². The molecule has 0 aliphatic carbocycles. The average molecular weight is 1140 g/mol. The van der Waals surface area contributed by atoms with E-state index in [9.17, 15) is 19.2 Å². The van der Waals surface area contributed by atoms with E-state index in [1.165, 1.54) is 28.9 Å². The number of amides is 4. The molecule has 0 saturated heterocycles. The van der Waals surface area contributed by atoms with Crippen LogP contribution in [0.5, 0.6) is 23.0 Å². The fourth-order valence-corrected chi connectivity index (χ4v) is 8.44. The monoisotopic (exact) mass is 1140 g/mol. The number of para-hydroxylation sites is 2. The van der Waals surface area contributed by atoms with Gasteiger partial charge in [-0.3, -0.25) is 19.2 Å². The van der Waals surface area contributed by atoms with Crippen LogP contribution in [0.2, 0.25) is 0 Å². The zero-order chi connectivity index (χ0) is 58.4. The second kappa shape index (κ2) is 34.2. The van der Waals surface area contributed by atoms with Crippen LogP contribution in [0.3, 0.4) is 0 Å². The van der Waals surface area contributed by atoms with Crippen LogP contribution in [0.1, 0.15) is 100.0 Å². The third-order valence-corrected chi connectivity index (χ3v) is 13.0. The van der Waals surface area contributed by atoms with E-state index < -0.39 is 36.7 Å². The second-order valence-electron chi connectivity index (χ2n) is 21.9. The summed E-state index contributed by atoms with van der Waals surface area (Å²) >= 11 is 0. The Morgan fingerprint density at radius 1 is 0.524 bits per heavy atom. The lowest BCUT2D eigenvalue weighted by molar-refractivity contribution is -0.753. The molecule has 1 aromatic heterocycles. The number of rotatable bonds is 20. The topological polar surface area (TPSA) is 224 Å². The van der Waals surface area contributed by atoms with Crippen LogP contribution in [0.15, 0.2) is 97.2 Å². The number of nitrogens with one attached hydrogen (secondary N) is 5. The molecule has 4 amide bonds. The highest BCUT2D eigenvalue weighted by atomic mass is 16.6. The minimum atomic E-state index is -0.611. The quantitative estimate of drug-likeness (QED) is 0.0439. The summed E-state index contributed by atoms with van der Waals surface area (Å²) in [6.45, 7) is 18.3. The molecular formula is C62H87N8O12+. The van der Waals surface area contributed by atoms with Crippen molar-refractivity contribution in [3.63, 3.8) is 0 Å².